The van der Waals surface area contributed by atoms with Gasteiger partial charge in [-0.1, -0.05) is 41.9 Å². The Morgan fingerprint density at radius 2 is 1.81 bits per heavy atom. The number of imidazole rings is 1. The minimum absolute atomic E-state index is 0.0901. The molecule has 4 rings (SSSR count). The summed E-state index contributed by atoms with van der Waals surface area (Å²) in [4.78, 5) is 22.7. The van der Waals surface area contributed by atoms with Gasteiger partial charge < -0.3 is 4.90 Å². The third-order valence-corrected chi connectivity index (χ3v) is 6.76. The lowest BCUT2D eigenvalue weighted by molar-refractivity contribution is -0.137. The van der Waals surface area contributed by atoms with Gasteiger partial charge in [-0.3, -0.25) is 14.3 Å². The Morgan fingerprint density at radius 3 is 2.53 bits per heavy atom. The Labute approximate surface area is 199 Å². The molecule has 3 aromatic rings. The lowest BCUT2D eigenvalue weighted by atomic mass is 9.96. The molecule has 1 fully saturated rings. The number of rotatable bonds is 8. The molecule has 1 aliphatic heterocycles. The van der Waals surface area contributed by atoms with E-state index in [-0.39, 0.29) is 5.92 Å². The molecule has 170 valence electrons. The van der Waals surface area contributed by atoms with E-state index in [1.807, 2.05) is 6.07 Å². The highest BCUT2D eigenvalue weighted by molar-refractivity contribution is 9.10. The van der Waals surface area contributed by atoms with E-state index in [0.29, 0.717) is 5.91 Å². The Bertz CT molecular complexity index is 1040. The standard InChI is InChI=1S/C26H33BrN4O/c1-3-15-30(16-4-2)26(32)20-8-7-17-29(18-20)19-25-28-23-9-5-6-10-24(23)31(25)22-13-11-21(27)12-14-22/h5-6,9-14,20H,3-4,7-8,15-19H2,1-2H3/t20-/m1/s1. The maximum Gasteiger partial charge on any atom is 0.226 e. The number of piperidine rings is 1. The summed E-state index contributed by atoms with van der Waals surface area (Å²) >= 11 is 3.54. The topological polar surface area (TPSA) is 41.4 Å². The van der Waals surface area contributed by atoms with Crippen LogP contribution in [0, 0.1) is 5.92 Å². The van der Waals surface area contributed by atoms with Crippen molar-refractivity contribution in [2.24, 2.45) is 5.92 Å². The zero-order valence-corrected chi connectivity index (χ0v) is 20.7. The number of hydrogen-bond donors (Lipinski definition) is 0. The maximum absolute atomic E-state index is 13.2. The van der Waals surface area contributed by atoms with Gasteiger partial charge in [0, 0.05) is 29.8 Å². The highest BCUT2D eigenvalue weighted by atomic mass is 79.9. The second-order valence-corrected chi connectivity index (χ2v) is 9.64. The minimum Gasteiger partial charge on any atom is -0.342 e. The van der Waals surface area contributed by atoms with Crippen LogP contribution in [0.1, 0.15) is 45.4 Å². The van der Waals surface area contributed by atoms with E-state index in [2.05, 4.69) is 86.6 Å². The molecule has 0 bridgehead atoms. The fraction of sp³-hybridized carbons (Fsp3) is 0.462. The summed E-state index contributed by atoms with van der Waals surface area (Å²) in [5.41, 5.74) is 3.23. The summed E-state index contributed by atoms with van der Waals surface area (Å²) < 4.78 is 3.32. The van der Waals surface area contributed by atoms with Gasteiger partial charge in [0.2, 0.25) is 5.91 Å². The third kappa shape index (κ3) is 5.07. The number of hydrogen-bond acceptors (Lipinski definition) is 3. The van der Waals surface area contributed by atoms with Crippen LogP contribution < -0.4 is 0 Å². The molecule has 2 aromatic carbocycles. The van der Waals surface area contributed by atoms with Crippen LogP contribution in [0.25, 0.3) is 16.7 Å². The number of likely N-dealkylation sites (tertiary alicyclic amines) is 1. The normalized spacial score (nSPS) is 17.0. The highest BCUT2D eigenvalue weighted by Gasteiger charge is 2.29. The minimum atomic E-state index is 0.0901. The van der Waals surface area contributed by atoms with Crippen LogP contribution in [0.4, 0.5) is 0 Å². The third-order valence-electron chi connectivity index (χ3n) is 6.23. The van der Waals surface area contributed by atoms with E-state index < -0.39 is 0 Å². The number of fused-ring (bicyclic) bond motifs is 1. The Balaban J connectivity index is 1.57. The summed E-state index contributed by atoms with van der Waals surface area (Å²) in [6, 6.07) is 16.7. The first-order valence-corrected chi connectivity index (χ1v) is 12.6. The van der Waals surface area contributed by atoms with Crippen LogP contribution in [0.2, 0.25) is 0 Å². The van der Waals surface area contributed by atoms with E-state index in [1.54, 1.807) is 0 Å². The largest absolute Gasteiger partial charge is 0.342 e. The van der Waals surface area contributed by atoms with E-state index >= 15 is 0 Å². The molecule has 1 atom stereocenters. The molecule has 1 amide bonds. The molecule has 1 aromatic heterocycles. The van der Waals surface area contributed by atoms with E-state index in [0.717, 1.165) is 85.4 Å². The van der Waals surface area contributed by atoms with E-state index in [1.165, 1.54) is 0 Å². The number of aromatic nitrogens is 2. The first kappa shape index (κ1) is 23.0. The Morgan fingerprint density at radius 1 is 1.09 bits per heavy atom. The molecule has 5 nitrogen and oxygen atoms in total. The molecule has 1 aliphatic rings. The zero-order valence-electron chi connectivity index (χ0n) is 19.1. The van der Waals surface area contributed by atoms with Crippen LogP contribution in [0.5, 0.6) is 0 Å². The van der Waals surface area contributed by atoms with Gasteiger partial charge in [0.15, 0.2) is 0 Å². The van der Waals surface area contributed by atoms with Crippen molar-refractivity contribution in [3.8, 4) is 5.69 Å². The van der Waals surface area contributed by atoms with Crippen LogP contribution >= 0.6 is 15.9 Å². The van der Waals surface area contributed by atoms with Crippen molar-refractivity contribution < 1.29 is 4.79 Å². The predicted molar refractivity (Wildman–Crippen MR) is 134 cm³/mol. The van der Waals surface area contributed by atoms with Gasteiger partial charge in [-0.15, -0.1) is 0 Å². The lowest BCUT2D eigenvalue weighted by Gasteiger charge is -2.34. The molecule has 6 heteroatoms. The van der Waals surface area contributed by atoms with Gasteiger partial charge in [-0.2, -0.15) is 0 Å². The molecular weight excluding hydrogens is 464 g/mol. The molecule has 0 unspecified atom stereocenters. The van der Waals surface area contributed by atoms with Gasteiger partial charge in [0.25, 0.3) is 0 Å². The summed E-state index contributed by atoms with van der Waals surface area (Å²) in [5, 5.41) is 0. The zero-order chi connectivity index (χ0) is 22.5. The molecule has 0 radical (unpaired) electrons. The molecule has 0 aliphatic carbocycles. The van der Waals surface area contributed by atoms with Crippen LogP contribution in [0.3, 0.4) is 0 Å². The maximum atomic E-state index is 13.2. The van der Waals surface area contributed by atoms with Crippen LogP contribution in [-0.4, -0.2) is 51.4 Å². The van der Waals surface area contributed by atoms with E-state index in [4.69, 9.17) is 4.98 Å². The molecule has 2 heterocycles. The van der Waals surface area contributed by atoms with Crippen LogP contribution in [0.15, 0.2) is 53.0 Å². The van der Waals surface area contributed by atoms with Gasteiger partial charge in [0.1, 0.15) is 5.82 Å². The number of nitrogens with zero attached hydrogens (tertiary/aromatic N) is 4. The van der Waals surface area contributed by atoms with Crippen molar-refractivity contribution in [2.75, 3.05) is 26.2 Å². The van der Waals surface area contributed by atoms with Gasteiger partial charge in [-0.05, 0) is 68.6 Å². The van der Waals surface area contributed by atoms with Crippen LogP contribution in [-0.2, 0) is 11.3 Å². The number of halogens is 1. The summed E-state index contributed by atoms with van der Waals surface area (Å²) in [5.74, 6) is 1.45. The first-order valence-electron chi connectivity index (χ1n) is 11.8. The Hall–Kier alpha value is -2.18. The second-order valence-electron chi connectivity index (χ2n) is 8.73. The fourth-order valence-corrected chi connectivity index (χ4v) is 5.06. The van der Waals surface area contributed by atoms with E-state index in [9.17, 15) is 4.79 Å². The van der Waals surface area contributed by atoms with Crippen molar-refractivity contribution >= 4 is 32.9 Å². The average molecular weight is 497 g/mol. The molecular formula is C26H33BrN4O. The van der Waals surface area contributed by atoms with Crippen molar-refractivity contribution in [1.29, 1.82) is 0 Å². The lowest BCUT2D eigenvalue weighted by Crippen LogP contribution is -2.45. The van der Waals surface area contributed by atoms with Crippen molar-refractivity contribution in [3.63, 3.8) is 0 Å². The van der Waals surface area contributed by atoms with Crippen molar-refractivity contribution in [3.05, 3.63) is 58.8 Å². The smallest absolute Gasteiger partial charge is 0.226 e. The quantitative estimate of drug-likeness (QED) is 0.404. The molecule has 0 spiro atoms. The summed E-state index contributed by atoms with van der Waals surface area (Å²) in [6.45, 7) is 8.59. The monoisotopic (exact) mass is 496 g/mol. The number of para-hydroxylation sites is 2. The molecule has 32 heavy (non-hydrogen) atoms. The average Bonchev–Trinajstić information content (AvgIpc) is 3.17. The number of carbonyl (C=O) groups is 1. The summed E-state index contributed by atoms with van der Waals surface area (Å²) in [7, 11) is 0. The highest BCUT2D eigenvalue weighted by Crippen LogP contribution is 2.26. The van der Waals surface area contributed by atoms with Gasteiger partial charge in [-0.25, -0.2) is 4.98 Å². The van der Waals surface area contributed by atoms with Gasteiger partial charge in [0.05, 0.1) is 23.5 Å². The molecule has 0 saturated carbocycles. The Kier molecular flexibility index (Phi) is 7.63. The number of carbonyl (C=O) groups excluding carboxylic acids is 1. The molecule has 1 saturated heterocycles. The molecule has 0 N–H and O–H groups in total. The van der Waals surface area contributed by atoms with Crippen molar-refractivity contribution in [2.45, 2.75) is 46.1 Å². The number of benzene rings is 2. The van der Waals surface area contributed by atoms with Gasteiger partial charge >= 0.3 is 0 Å². The SMILES string of the molecule is CCCN(CCC)C(=O)[C@@H]1CCCN(Cc2nc3ccccc3n2-c2ccc(Br)cc2)C1. The predicted octanol–water partition coefficient (Wildman–Crippen LogP) is 5.65. The number of amides is 1. The summed E-state index contributed by atoms with van der Waals surface area (Å²) in [6.07, 6.45) is 4.07. The second kappa shape index (κ2) is 10.6. The first-order chi connectivity index (χ1) is 15.6. The fourth-order valence-electron chi connectivity index (χ4n) is 4.79. The van der Waals surface area contributed by atoms with Crippen molar-refractivity contribution in [1.82, 2.24) is 19.4 Å².